The summed E-state index contributed by atoms with van der Waals surface area (Å²) in [6.07, 6.45) is 2.53. The van der Waals surface area contributed by atoms with Crippen LogP contribution in [0.4, 0.5) is 4.39 Å². The number of H-pyrrole nitrogens is 1. The zero-order chi connectivity index (χ0) is 6.97. The Bertz CT molecular complexity index is 318. The van der Waals surface area contributed by atoms with Gasteiger partial charge in [-0.3, -0.25) is 5.10 Å². The predicted octanol–water partition coefficient (Wildman–Crippen LogP) is 0.444. The maximum atomic E-state index is 12.6. The molecule has 50 valence electrons. The van der Waals surface area contributed by atoms with Crippen LogP contribution in [0, 0.1) is 5.82 Å². The van der Waals surface area contributed by atoms with Crippen LogP contribution in [0.3, 0.4) is 0 Å². The van der Waals surface area contributed by atoms with Gasteiger partial charge in [0.2, 0.25) is 0 Å². The van der Waals surface area contributed by atoms with Crippen LogP contribution >= 0.6 is 0 Å². The normalized spacial score (nSPS) is 10.5. The van der Waals surface area contributed by atoms with E-state index in [1.54, 1.807) is 0 Å². The third kappa shape index (κ3) is 0.570. The van der Waals surface area contributed by atoms with Gasteiger partial charge >= 0.3 is 0 Å². The molecule has 10 heavy (non-hydrogen) atoms. The molecule has 0 unspecified atom stereocenters. The molecule has 2 aliphatic heterocycles. The van der Waals surface area contributed by atoms with Gasteiger partial charge in [0, 0.05) is 0 Å². The highest BCUT2D eigenvalue weighted by Crippen LogP contribution is 2.17. The first-order valence-electron chi connectivity index (χ1n) is 2.68. The molecule has 0 aliphatic carbocycles. The SMILES string of the molecule is Fc1cnc2cnn[nH]c1-2. The van der Waals surface area contributed by atoms with E-state index in [2.05, 4.69) is 20.4 Å². The average molecular weight is 138 g/mol. The summed E-state index contributed by atoms with van der Waals surface area (Å²) in [5.74, 6) is -0.398. The summed E-state index contributed by atoms with van der Waals surface area (Å²) in [6.45, 7) is 0. The molecule has 0 amide bonds. The minimum Gasteiger partial charge on any atom is -0.255 e. The largest absolute Gasteiger partial charge is 0.255 e. The minimum absolute atomic E-state index is 0.301. The van der Waals surface area contributed by atoms with Crippen molar-refractivity contribution >= 4 is 0 Å². The van der Waals surface area contributed by atoms with E-state index in [1.807, 2.05) is 0 Å². The van der Waals surface area contributed by atoms with E-state index in [0.717, 1.165) is 6.20 Å². The molecule has 0 spiro atoms. The van der Waals surface area contributed by atoms with Gasteiger partial charge in [-0.25, -0.2) is 9.37 Å². The Labute approximate surface area is 55.4 Å². The molecule has 2 rings (SSSR count). The van der Waals surface area contributed by atoms with E-state index < -0.39 is 5.82 Å². The Morgan fingerprint density at radius 2 is 2.30 bits per heavy atom. The first-order valence-corrected chi connectivity index (χ1v) is 2.68. The lowest BCUT2D eigenvalue weighted by Crippen LogP contribution is -1.90. The van der Waals surface area contributed by atoms with Crippen molar-refractivity contribution in [2.45, 2.75) is 0 Å². The summed E-state index contributed by atoms with van der Waals surface area (Å²) in [6, 6.07) is 0. The monoisotopic (exact) mass is 138 g/mol. The van der Waals surface area contributed by atoms with E-state index in [-0.39, 0.29) is 0 Å². The van der Waals surface area contributed by atoms with Crippen molar-refractivity contribution in [2.24, 2.45) is 0 Å². The van der Waals surface area contributed by atoms with Crippen LogP contribution in [-0.2, 0) is 0 Å². The number of hydrogen-bond acceptors (Lipinski definition) is 3. The first-order chi connectivity index (χ1) is 4.88. The zero-order valence-corrected chi connectivity index (χ0v) is 4.87. The number of aromatic amines is 1. The highest BCUT2D eigenvalue weighted by atomic mass is 19.1. The molecule has 0 atom stereocenters. The van der Waals surface area contributed by atoms with Crippen LogP contribution in [0.1, 0.15) is 0 Å². The van der Waals surface area contributed by atoms with Gasteiger partial charge in [-0.1, -0.05) is 5.21 Å². The van der Waals surface area contributed by atoms with E-state index in [4.69, 9.17) is 0 Å². The van der Waals surface area contributed by atoms with E-state index >= 15 is 0 Å². The Hall–Kier alpha value is -1.52. The maximum Gasteiger partial charge on any atom is 0.168 e. The Morgan fingerprint density at radius 3 is 3.10 bits per heavy atom. The van der Waals surface area contributed by atoms with Crippen molar-refractivity contribution in [3.63, 3.8) is 0 Å². The molecule has 0 fully saturated rings. The molecule has 0 bridgehead atoms. The van der Waals surface area contributed by atoms with Gasteiger partial charge in [0.05, 0.1) is 12.4 Å². The van der Waals surface area contributed by atoms with Gasteiger partial charge in [0.15, 0.2) is 5.82 Å². The molecule has 0 saturated heterocycles. The summed E-state index contributed by atoms with van der Waals surface area (Å²) >= 11 is 0. The van der Waals surface area contributed by atoms with Crippen molar-refractivity contribution in [2.75, 3.05) is 0 Å². The van der Waals surface area contributed by atoms with Crippen molar-refractivity contribution in [3.05, 3.63) is 18.2 Å². The lowest BCUT2D eigenvalue weighted by atomic mass is 10.3. The van der Waals surface area contributed by atoms with Gasteiger partial charge in [-0.15, -0.1) is 5.10 Å². The van der Waals surface area contributed by atoms with Crippen LogP contribution in [0.25, 0.3) is 11.4 Å². The average Bonchev–Trinajstić information content (AvgIpc) is 2.34. The molecular weight excluding hydrogens is 135 g/mol. The fourth-order valence-electron chi connectivity index (χ4n) is 0.749. The summed E-state index contributed by atoms with van der Waals surface area (Å²) in [5, 5.41) is 9.28. The molecule has 0 aromatic carbocycles. The molecule has 2 heterocycles. The zero-order valence-electron chi connectivity index (χ0n) is 4.87. The third-order valence-corrected chi connectivity index (χ3v) is 1.21. The van der Waals surface area contributed by atoms with Gasteiger partial charge in [-0.05, 0) is 0 Å². The minimum atomic E-state index is -0.398. The number of rotatable bonds is 0. The van der Waals surface area contributed by atoms with Crippen molar-refractivity contribution < 1.29 is 4.39 Å². The Balaban J connectivity index is 2.78. The van der Waals surface area contributed by atoms with Gasteiger partial charge in [0.1, 0.15) is 11.4 Å². The smallest absolute Gasteiger partial charge is 0.168 e. The molecule has 2 aliphatic rings. The second-order valence-corrected chi connectivity index (χ2v) is 1.82. The predicted molar refractivity (Wildman–Crippen MR) is 30.8 cm³/mol. The number of fused-ring (bicyclic) bond motifs is 1. The van der Waals surface area contributed by atoms with Crippen LogP contribution in [0.2, 0.25) is 0 Å². The second-order valence-electron chi connectivity index (χ2n) is 1.82. The number of halogens is 1. The second kappa shape index (κ2) is 1.73. The van der Waals surface area contributed by atoms with Crippen molar-refractivity contribution in [1.82, 2.24) is 20.4 Å². The standard InChI is InChI=1S/C5H3FN4/c6-3-1-7-4-2-8-10-9-5(3)4/h1-2H,(H,8,9). The van der Waals surface area contributed by atoms with Crippen LogP contribution in [0.15, 0.2) is 12.4 Å². The van der Waals surface area contributed by atoms with E-state index in [9.17, 15) is 4.39 Å². The molecule has 0 saturated carbocycles. The Kier molecular flexibility index (Phi) is 0.913. The van der Waals surface area contributed by atoms with Crippen LogP contribution in [-0.4, -0.2) is 20.4 Å². The van der Waals surface area contributed by atoms with Gasteiger partial charge in [0.25, 0.3) is 0 Å². The van der Waals surface area contributed by atoms with Crippen LogP contribution in [0.5, 0.6) is 0 Å². The highest BCUT2D eigenvalue weighted by molar-refractivity contribution is 5.54. The van der Waals surface area contributed by atoms with Crippen molar-refractivity contribution in [3.8, 4) is 11.4 Å². The fraction of sp³-hybridized carbons (Fsp3) is 0. The first kappa shape index (κ1) is 5.28. The molecular formula is C5H3FN4. The summed E-state index contributed by atoms with van der Waals surface area (Å²) in [5.41, 5.74) is 0.794. The van der Waals surface area contributed by atoms with Gasteiger partial charge < -0.3 is 0 Å². The van der Waals surface area contributed by atoms with E-state index in [0.29, 0.717) is 11.4 Å². The van der Waals surface area contributed by atoms with E-state index in [1.165, 1.54) is 6.20 Å². The summed E-state index contributed by atoms with van der Waals surface area (Å²) in [4.78, 5) is 3.71. The fourth-order valence-corrected chi connectivity index (χ4v) is 0.749. The molecule has 0 aromatic rings. The lowest BCUT2D eigenvalue weighted by Gasteiger charge is -1.91. The molecule has 1 N–H and O–H groups in total. The molecule has 5 heteroatoms. The Morgan fingerprint density at radius 1 is 1.40 bits per heavy atom. The quantitative estimate of drug-likeness (QED) is 0.574. The lowest BCUT2D eigenvalue weighted by molar-refractivity contribution is 0.624. The number of aromatic nitrogens is 4. The molecule has 0 radical (unpaired) electrons. The number of nitrogens with zero attached hydrogens (tertiary/aromatic N) is 3. The van der Waals surface area contributed by atoms with Gasteiger partial charge in [-0.2, -0.15) is 0 Å². The van der Waals surface area contributed by atoms with Crippen molar-refractivity contribution in [1.29, 1.82) is 0 Å². The topological polar surface area (TPSA) is 54.5 Å². The highest BCUT2D eigenvalue weighted by Gasteiger charge is 2.10. The number of nitrogens with one attached hydrogen (secondary N) is 1. The number of hydrogen-bond donors (Lipinski definition) is 1. The summed E-state index contributed by atoms with van der Waals surface area (Å²) in [7, 11) is 0. The molecule has 4 nitrogen and oxygen atoms in total. The summed E-state index contributed by atoms with van der Waals surface area (Å²) < 4.78 is 12.6. The third-order valence-electron chi connectivity index (χ3n) is 1.21. The van der Waals surface area contributed by atoms with Crippen LogP contribution < -0.4 is 0 Å². The molecule has 0 aromatic heterocycles. The maximum absolute atomic E-state index is 12.6.